The SMILES string of the molecule is Brc1ccc2ccc3c(-c4ccccc4)c4ccc5ccc(Br)cc5c4c(-c4ccc(-c5ccccc5)cc4)c3c2c1. The normalized spacial score (nSPS) is 11.6. The average molecular weight is 664 g/mol. The van der Waals surface area contributed by atoms with Crippen LogP contribution in [-0.2, 0) is 0 Å². The van der Waals surface area contributed by atoms with Gasteiger partial charge in [-0.1, -0.05) is 153 Å². The van der Waals surface area contributed by atoms with Crippen molar-refractivity contribution in [3.05, 3.63) is 155 Å². The minimum Gasteiger partial charge on any atom is -0.0622 e. The van der Waals surface area contributed by atoms with E-state index in [9.17, 15) is 0 Å². The number of hydrogen-bond acceptors (Lipinski definition) is 0. The van der Waals surface area contributed by atoms with Gasteiger partial charge in [-0.15, -0.1) is 0 Å². The highest BCUT2D eigenvalue weighted by atomic mass is 79.9. The molecule has 0 spiro atoms. The molecule has 8 aromatic carbocycles. The van der Waals surface area contributed by atoms with Gasteiger partial charge in [0.05, 0.1) is 0 Å². The van der Waals surface area contributed by atoms with Crippen LogP contribution in [0.4, 0.5) is 0 Å². The molecule has 0 saturated heterocycles. The molecule has 0 N–H and O–H groups in total. The van der Waals surface area contributed by atoms with Crippen LogP contribution in [0.25, 0.3) is 76.5 Å². The van der Waals surface area contributed by atoms with E-state index in [0.717, 1.165) is 8.95 Å². The molecule has 0 bridgehead atoms. The average Bonchev–Trinajstić information content (AvgIpc) is 3.04. The van der Waals surface area contributed by atoms with Gasteiger partial charge in [0.15, 0.2) is 0 Å². The monoisotopic (exact) mass is 662 g/mol. The quantitative estimate of drug-likeness (QED) is 0.130. The Balaban J connectivity index is 1.61. The van der Waals surface area contributed by atoms with Crippen LogP contribution in [0.5, 0.6) is 0 Å². The highest BCUT2D eigenvalue weighted by Gasteiger charge is 2.21. The van der Waals surface area contributed by atoms with Crippen molar-refractivity contribution >= 4 is 74.9 Å². The van der Waals surface area contributed by atoms with Crippen LogP contribution in [0.15, 0.2) is 155 Å². The van der Waals surface area contributed by atoms with Crippen LogP contribution in [0.1, 0.15) is 0 Å². The van der Waals surface area contributed by atoms with E-state index in [1.807, 2.05) is 0 Å². The lowest BCUT2D eigenvalue weighted by Crippen LogP contribution is -1.93. The molecule has 0 saturated carbocycles. The van der Waals surface area contributed by atoms with Crippen LogP contribution < -0.4 is 0 Å². The minimum absolute atomic E-state index is 1.08. The Kier molecular flexibility index (Phi) is 6.21. The topological polar surface area (TPSA) is 0 Å². The molecule has 8 rings (SSSR count). The molecule has 42 heavy (non-hydrogen) atoms. The van der Waals surface area contributed by atoms with E-state index in [-0.39, 0.29) is 0 Å². The van der Waals surface area contributed by atoms with E-state index in [2.05, 4.69) is 177 Å². The van der Waals surface area contributed by atoms with Crippen LogP contribution in [0.2, 0.25) is 0 Å². The second-order valence-corrected chi connectivity index (χ2v) is 12.6. The molecule has 198 valence electrons. The second kappa shape index (κ2) is 10.2. The largest absolute Gasteiger partial charge is 0.0622 e. The van der Waals surface area contributed by atoms with Crippen LogP contribution >= 0.6 is 31.9 Å². The highest BCUT2D eigenvalue weighted by Crippen LogP contribution is 2.49. The van der Waals surface area contributed by atoms with Crippen molar-refractivity contribution < 1.29 is 0 Å². The fourth-order valence-corrected chi connectivity index (χ4v) is 7.20. The Morgan fingerprint density at radius 2 is 0.714 bits per heavy atom. The maximum atomic E-state index is 3.79. The summed E-state index contributed by atoms with van der Waals surface area (Å²) >= 11 is 7.58. The van der Waals surface area contributed by atoms with E-state index in [4.69, 9.17) is 0 Å². The number of halogens is 2. The summed E-state index contributed by atoms with van der Waals surface area (Å²) in [5.41, 5.74) is 7.42. The zero-order valence-electron chi connectivity index (χ0n) is 22.6. The second-order valence-electron chi connectivity index (χ2n) is 10.8. The molecule has 0 unspecified atom stereocenters. The summed E-state index contributed by atoms with van der Waals surface area (Å²) in [4.78, 5) is 0. The van der Waals surface area contributed by atoms with Crippen molar-refractivity contribution in [1.82, 2.24) is 0 Å². The lowest BCUT2D eigenvalue weighted by Gasteiger charge is -2.21. The molecule has 0 atom stereocenters. The molecule has 2 heteroatoms. The van der Waals surface area contributed by atoms with Gasteiger partial charge in [-0.25, -0.2) is 0 Å². The zero-order chi connectivity index (χ0) is 28.2. The van der Waals surface area contributed by atoms with Gasteiger partial charge < -0.3 is 0 Å². The van der Waals surface area contributed by atoms with E-state index < -0.39 is 0 Å². The van der Waals surface area contributed by atoms with Gasteiger partial charge in [-0.3, -0.25) is 0 Å². The van der Waals surface area contributed by atoms with E-state index >= 15 is 0 Å². The molecule has 0 aliphatic heterocycles. The molecule has 8 aromatic rings. The summed E-state index contributed by atoms with van der Waals surface area (Å²) in [7, 11) is 0. The van der Waals surface area contributed by atoms with Crippen molar-refractivity contribution in [2.24, 2.45) is 0 Å². The number of rotatable bonds is 3. The molecular formula is C40H24Br2. The standard InChI is InChI=1S/C40H24Br2/c41-31-19-15-27-17-21-33-37(29-9-5-2-6-10-29)34-22-18-28-16-20-32(42)24-36(28)40(34)38(39(33)35(27)23-31)30-13-11-26(12-14-30)25-7-3-1-4-8-25/h1-24H. The smallest absolute Gasteiger partial charge is 0.0181 e. The number of fused-ring (bicyclic) bond motifs is 6. The Bertz CT molecular complexity index is 2180. The fourth-order valence-electron chi connectivity index (χ4n) is 6.47. The Hall–Kier alpha value is -4.24. The summed E-state index contributed by atoms with van der Waals surface area (Å²) < 4.78 is 2.16. The van der Waals surface area contributed by atoms with Gasteiger partial charge in [-0.05, 0) is 101 Å². The lowest BCUT2D eigenvalue weighted by molar-refractivity contribution is 1.61. The molecular weight excluding hydrogens is 640 g/mol. The number of benzene rings is 8. The first kappa shape index (κ1) is 25.5. The predicted octanol–water partition coefficient (Wildman–Crippen LogP) is 12.8. The van der Waals surface area contributed by atoms with Gasteiger partial charge in [0.1, 0.15) is 0 Å². The third-order valence-corrected chi connectivity index (χ3v) is 9.34. The molecule has 0 aliphatic rings. The van der Waals surface area contributed by atoms with Crippen LogP contribution in [-0.4, -0.2) is 0 Å². The van der Waals surface area contributed by atoms with Crippen molar-refractivity contribution in [3.8, 4) is 33.4 Å². The third kappa shape index (κ3) is 4.17. The van der Waals surface area contributed by atoms with Gasteiger partial charge in [0, 0.05) is 8.95 Å². The maximum absolute atomic E-state index is 3.79. The van der Waals surface area contributed by atoms with E-state index in [1.165, 1.54) is 76.5 Å². The first-order valence-electron chi connectivity index (χ1n) is 14.1. The van der Waals surface area contributed by atoms with Gasteiger partial charge >= 0.3 is 0 Å². The molecule has 0 amide bonds. The summed E-state index contributed by atoms with van der Waals surface area (Å²) in [6.07, 6.45) is 0. The molecule has 0 fully saturated rings. The van der Waals surface area contributed by atoms with Crippen molar-refractivity contribution in [3.63, 3.8) is 0 Å². The van der Waals surface area contributed by atoms with Crippen molar-refractivity contribution in [1.29, 1.82) is 0 Å². The summed E-state index contributed by atoms with van der Waals surface area (Å²) in [5.74, 6) is 0. The minimum atomic E-state index is 1.08. The van der Waals surface area contributed by atoms with Gasteiger partial charge in [-0.2, -0.15) is 0 Å². The van der Waals surface area contributed by atoms with Crippen molar-refractivity contribution in [2.45, 2.75) is 0 Å². The van der Waals surface area contributed by atoms with Crippen LogP contribution in [0, 0.1) is 0 Å². The first-order chi connectivity index (χ1) is 20.7. The van der Waals surface area contributed by atoms with Crippen LogP contribution in [0.3, 0.4) is 0 Å². The summed E-state index contributed by atoms with van der Waals surface area (Å²) in [5, 5.41) is 10.0. The highest BCUT2D eigenvalue weighted by molar-refractivity contribution is 9.10. The molecule has 0 nitrogen and oxygen atoms in total. The van der Waals surface area contributed by atoms with E-state index in [0.29, 0.717) is 0 Å². The molecule has 0 heterocycles. The molecule has 0 aromatic heterocycles. The lowest BCUT2D eigenvalue weighted by atomic mass is 9.82. The zero-order valence-corrected chi connectivity index (χ0v) is 25.8. The maximum Gasteiger partial charge on any atom is 0.0181 e. The first-order valence-corrected chi connectivity index (χ1v) is 15.7. The third-order valence-electron chi connectivity index (χ3n) is 8.35. The predicted molar refractivity (Wildman–Crippen MR) is 188 cm³/mol. The molecule has 0 radical (unpaired) electrons. The summed E-state index contributed by atoms with van der Waals surface area (Å²) in [6.45, 7) is 0. The fraction of sp³-hybridized carbons (Fsp3) is 0. The molecule has 0 aliphatic carbocycles. The Morgan fingerprint density at radius 3 is 1.24 bits per heavy atom. The van der Waals surface area contributed by atoms with Crippen molar-refractivity contribution in [2.75, 3.05) is 0 Å². The summed E-state index contributed by atoms with van der Waals surface area (Å²) in [6, 6.07) is 53.0. The van der Waals surface area contributed by atoms with Gasteiger partial charge in [0.2, 0.25) is 0 Å². The number of hydrogen-bond donors (Lipinski definition) is 0. The van der Waals surface area contributed by atoms with E-state index in [1.54, 1.807) is 0 Å². The Morgan fingerprint density at radius 1 is 0.310 bits per heavy atom. The Labute approximate surface area is 261 Å². The van der Waals surface area contributed by atoms with Gasteiger partial charge in [0.25, 0.3) is 0 Å².